The van der Waals surface area contributed by atoms with Gasteiger partial charge < -0.3 is 15.0 Å². The van der Waals surface area contributed by atoms with Gasteiger partial charge >= 0.3 is 5.97 Å². The van der Waals surface area contributed by atoms with Crippen LogP contribution < -0.4 is 10.2 Å². The summed E-state index contributed by atoms with van der Waals surface area (Å²) in [6.45, 7) is 2.84. The zero-order chi connectivity index (χ0) is 15.4. The maximum atomic E-state index is 11.5. The third-order valence-electron chi connectivity index (χ3n) is 3.91. The monoisotopic (exact) mass is 296 g/mol. The van der Waals surface area contributed by atoms with Crippen molar-refractivity contribution in [3.63, 3.8) is 0 Å². The fourth-order valence-electron chi connectivity index (χ4n) is 2.76. The van der Waals surface area contributed by atoms with E-state index in [9.17, 15) is 4.79 Å². The minimum absolute atomic E-state index is 0.295. The van der Waals surface area contributed by atoms with Crippen LogP contribution >= 0.6 is 0 Å². The lowest BCUT2D eigenvalue weighted by molar-refractivity contribution is 0.0600. The molecule has 0 aliphatic carbocycles. The fourth-order valence-corrected chi connectivity index (χ4v) is 2.76. The van der Waals surface area contributed by atoms with Crippen LogP contribution in [-0.4, -0.2) is 26.2 Å². The van der Waals surface area contributed by atoms with Gasteiger partial charge in [-0.1, -0.05) is 24.3 Å². The van der Waals surface area contributed by atoms with Crippen LogP contribution in [0.15, 0.2) is 48.5 Å². The molecule has 22 heavy (non-hydrogen) atoms. The number of para-hydroxylation sites is 2. The summed E-state index contributed by atoms with van der Waals surface area (Å²) in [5, 5.41) is 3.47. The van der Waals surface area contributed by atoms with Gasteiger partial charge in [-0.2, -0.15) is 0 Å². The van der Waals surface area contributed by atoms with Gasteiger partial charge in [-0.3, -0.25) is 0 Å². The van der Waals surface area contributed by atoms with E-state index in [2.05, 4.69) is 34.5 Å². The lowest BCUT2D eigenvalue weighted by atomic mass is 10.1. The van der Waals surface area contributed by atoms with E-state index in [1.165, 1.54) is 24.0 Å². The molecular weight excluding hydrogens is 276 g/mol. The molecule has 1 aliphatic heterocycles. The highest BCUT2D eigenvalue weighted by Crippen LogP contribution is 2.29. The highest BCUT2D eigenvalue weighted by atomic mass is 16.5. The number of methoxy groups -OCH3 is 1. The number of rotatable bonds is 3. The van der Waals surface area contributed by atoms with E-state index in [1.54, 1.807) is 0 Å². The van der Waals surface area contributed by atoms with Crippen LogP contribution in [-0.2, 0) is 11.3 Å². The second kappa shape index (κ2) is 6.52. The van der Waals surface area contributed by atoms with Crippen LogP contribution in [0.3, 0.4) is 0 Å². The van der Waals surface area contributed by atoms with Crippen LogP contribution in [0.25, 0.3) is 0 Å². The number of hydrogen-bond acceptors (Lipinski definition) is 4. The van der Waals surface area contributed by atoms with Crippen LogP contribution in [0.2, 0.25) is 0 Å². The largest absolute Gasteiger partial charge is 0.465 e. The van der Waals surface area contributed by atoms with E-state index in [-0.39, 0.29) is 5.97 Å². The Bertz CT molecular complexity index is 652. The topological polar surface area (TPSA) is 41.6 Å². The quantitative estimate of drug-likeness (QED) is 0.883. The number of hydrogen-bond donors (Lipinski definition) is 1. The highest BCUT2D eigenvalue weighted by molar-refractivity contribution is 5.89. The molecule has 0 bridgehead atoms. The Morgan fingerprint density at radius 1 is 1.18 bits per heavy atom. The van der Waals surface area contributed by atoms with Gasteiger partial charge in [-0.25, -0.2) is 4.79 Å². The summed E-state index contributed by atoms with van der Waals surface area (Å²) in [6, 6.07) is 16.0. The Kier molecular flexibility index (Phi) is 4.28. The van der Waals surface area contributed by atoms with Crippen molar-refractivity contribution in [1.82, 2.24) is 0 Å². The SMILES string of the molecule is COC(=O)c1ccc(CN2CCCNc3ccccc32)cc1. The van der Waals surface area contributed by atoms with E-state index >= 15 is 0 Å². The molecule has 1 aliphatic rings. The first-order valence-corrected chi connectivity index (χ1v) is 7.53. The predicted molar refractivity (Wildman–Crippen MR) is 88.4 cm³/mol. The van der Waals surface area contributed by atoms with Gasteiger partial charge in [0.1, 0.15) is 0 Å². The van der Waals surface area contributed by atoms with Gasteiger partial charge in [-0.15, -0.1) is 0 Å². The molecule has 2 aromatic rings. The first-order chi connectivity index (χ1) is 10.8. The first-order valence-electron chi connectivity index (χ1n) is 7.53. The number of nitrogens with one attached hydrogen (secondary N) is 1. The molecule has 0 amide bonds. The molecule has 3 rings (SSSR count). The Hall–Kier alpha value is -2.49. The van der Waals surface area contributed by atoms with Crippen LogP contribution in [0, 0.1) is 0 Å². The van der Waals surface area contributed by atoms with Crippen molar-refractivity contribution < 1.29 is 9.53 Å². The third kappa shape index (κ3) is 3.06. The van der Waals surface area contributed by atoms with Crippen molar-refractivity contribution >= 4 is 17.3 Å². The molecular formula is C18H20N2O2. The van der Waals surface area contributed by atoms with Gasteiger partial charge in [0, 0.05) is 19.6 Å². The Morgan fingerprint density at radius 2 is 1.95 bits per heavy atom. The second-order valence-corrected chi connectivity index (χ2v) is 5.41. The summed E-state index contributed by atoms with van der Waals surface area (Å²) < 4.78 is 4.73. The number of anilines is 2. The molecule has 0 saturated heterocycles. The molecule has 0 atom stereocenters. The summed E-state index contributed by atoms with van der Waals surface area (Å²) in [6.07, 6.45) is 1.11. The molecule has 0 aromatic heterocycles. The summed E-state index contributed by atoms with van der Waals surface area (Å²) in [7, 11) is 1.40. The molecule has 1 N–H and O–H groups in total. The standard InChI is InChI=1S/C18H20N2O2/c1-22-18(21)15-9-7-14(8-10-15)13-20-12-4-11-19-16-5-2-3-6-17(16)20/h2-3,5-10,19H,4,11-13H2,1H3. The average molecular weight is 296 g/mol. The predicted octanol–water partition coefficient (Wildman–Crippen LogP) is 3.30. The van der Waals surface area contributed by atoms with Crippen molar-refractivity contribution in [2.24, 2.45) is 0 Å². The average Bonchev–Trinajstić information content (AvgIpc) is 2.77. The molecule has 114 valence electrons. The minimum Gasteiger partial charge on any atom is -0.465 e. The summed E-state index contributed by atoms with van der Waals surface area (Å²) in [4.78, 5) is 13.9. The van der Waals surface area contributed by atoms with Crippen LogP contribution in [0.5, 0.6) is 0 Å². The fraction of sp³-hybridized carbons (Fsp3) is 0.278. The molecule has 0 saturated carbocycles. The van der Waals surface area contributed by atoms with E-state index in [4.69, 9.17) is 4.74 Å². The van der Waals surface area contributed by atoms with Gasteiger partial charge in [0.25, 0.3) is 0 Å². The number of nitrogens with zero attached hydrogens (tertiary/aromatic N) is 1. The number of esters is 1. The molecule has 2 aromatic carbocycles. The molecule has 0 spiro atoms. The Labute approximate surface area is 130 Å². The zero-order valence-corrected chi connectivity index (χ0v) is 12.7. The first kappa shape index (κ1) is 14.4. The highest BCUT2D eigenvalue weighted by Gasteiger charge is 2.15. The molecule has 0 radical (unpaired) electrons. The molecule has 0 fully saturated rings. The lowest BCUT2D eigenvalue weighted by Gasteiger charge is -2.24. The number of carbonyl (C=O) groups excluding carboxylic acids is 1. The third-order valence-corrected chi connectivity index (χ3v) is 3.91. The molecule has 4 heteroatoms. The van der Waals surface area contributed by atoms with Gasteiger partial charge in [0.05, 0.1) is 24.0 Å². The van der Waals surface area contributed by atoms with E-state index in [1.807, 2.05) is 24.3 Å². The Balaban J connectivity index is 1.79. The van der Waals surface area contributed by atoms with Gasteiger partial charge in [0.15, 0.2) is 0 Å². The number of carbonyl (C=O) groups is 1. The normalized spacial score (nSPS) is 13.8. The molecule has 1 heterocycles. The summed E-state index contributed by atoms with van der Waals surface area (Å²) >= 11 is 0. The van der Waals surface area contributed by atoms with E-state index < -0.39 is 0 Å². The number of ether oxygens (including phenoxy) is 1. The Morgan fingerprint density at radius 3 is 2.73 bits per heavy atom. The summed E-state index contributed by atoms with van der Waals surface area (Å²) in [5.74, 6) is -0.295. The minimum atomic E-state index is -0.295. The van der Waals surface area contributed by atoms with Crippen LogP contribution in [0.1, 0.15) is 22.3 Å². The van der Waals surface area contributed by atoms with Crippen molar-refractivity contribution in [1.29, 1.82) is 0 Å². The molecule has 4 nitrogen and oxygen atoms in total. The van der Waals surface area contributed by atoms with Gasteiger partial charge in [0.2, 0.25) is 0 Å². The second-order valence-electron chi connectivity index (χ2n) is 5.41. The number of fused-ring (bicyclic) bond motifs is 1. The van der Waals surface area contributed by atoms with Gasteiger partial charge in [-0.05, 0) is 36.2 Å². The maximum Gasteiger partial charge on any atom is 0.337 e. The van der Waals surface area contributed by atoms with Crippen molar-refractivity contribution in [3.8, 4) is 0 Å². The number of benzene rings is 2. The van der Waals surface area contributed by atoms with Crippen molar-refractivity contribution in [2.75, 3.05) is 30.4 Å². The molecule has 0 unspecified atom stereocenters. The summed E-state index contributed by atoms with van der Waals surface area (Å²) in [5.41, 5.74) is 4.19. The zero-order valence-electron chi connectivity index (χ0n) is 12.7. The van der Waals surface area contributed by atoms with Crippen LogP contribution in [0.4, 0.5) is 11.4 Å². The van der Waals surface area contributed by atoms with Crippen molar-refractivity contribution in [3.05, 3.63) is 59.7 Å². The van der Waals surface area contributed by atoms with E-state index in [0.29, 0.717) is 5.56 Å². The maximum absolute atomic E-state index is 11.5. The van der Waals surface area contributed by atoms with Crippen molar-refractivity contribution in [2.45, 2.75) is 13.0 Å². The van der Waals surface area contributed by atoms with E-state index in [0.717, 1.165) is 26.1 Å². The lowest BCUT2D eigenvalue weighted by Crippen LogP contribution is -2.23. The smallest absolute Gasteiger partial charge is 0.337 e.